The molecule has 4 heteroatoms. The molecule has 3 heterocycles. The van der Waals surface area contributed by atoms with Crippen LogP contribution in [-0.2, 0) is 13.0 Å². The number of hydrogen-bond acceptors (Lipinski definition) is 3. The standard InChI is InChI=1S/C14H17N3O/c1-10-7-11(8-14(15-10)18-2)13-9-12-5-3-4-6-17(12)16-13/h7-9H,3-6H2,1-2H3. The van der Waals surface area contributed by atoms with Crippen LogP contribution in [-0.4, -0.2) is 21.9 Å². The highest BCUT2D eigenvalue weighted by Gasteiger charge is 2.14. The second-order valence-corrected chi connectivity index (χ2v) is 4.74. The molecule has 4 nitrogen and oxygen atoms in total. The molecule has 0 N–H and O–H groups in total. The first-order valence-electron chi connectivity index (χ1n) is 6.36. The Hall–Kier alpha value is -1.84. The van der Waals surface area contributed by atoms with E-state index in [2.05, 4.69) is 26.9 Å². The van der Waals surface area contributed by atoms with Gasteiger partial charge in [-0.3, -0.25) is 4.68 Å². The molecule has 0 aliphatic carbocycles. The molecule has 0 fully saturated rings. The zero-order valence-electron chi connectivity index (χ0n) is 10.8. The van der Waals surface area contributed by atoms with Crippen molar-refractivity contribution in [3.8, 4) is 17.1 Å². The van der Waals surface area contributed by atoms with Crippen molar-refractivity contribution in [2.24, 2.45) is 0 Å². The molecule has 0 aromatic carbocycles. The van der Waals surface area contributed by atoms with Crippen molar-refractivity contribution in [3.63, 3.8) is 0 Å². The summed E-state index contributed by atoms with van der Waals surface area (Å²) in [4.78, 5) is 4.30. The average molecular weight is 243 g/mol. The van der Waals surface area contributed by atoms with Crippen LogP contribution in [0.3, 0.4) is 0 Å². The van der Waals surface area contributed by atoms with Gasteiger partial charge in [0.2, 0.25) is 5.88 Å². The molecule has 2 aromatic heterocycles. The summed E-state index contributed by atoms with van der Waals surface area (Å²) in [7, 11) is 1.64. The molecule has 94 valence electrons. The molecule has 18 heavy (non-hydrogen) atoms. The molecule has 1 aliphatic rings. The second kappa shape index (κ2) is 4.44. The van der Waals surface area contributed by atoms with Gasteiger partial charge in [-0.15, -0.1) is 0 Å². The van der Waals surface area contributed by atoms with E-state index in [0.29, 0.717) is 5.88 Å². The van der Waals surface area contributed by atoms with Crippen molar-refractivity contribution in [3.05, 3.63) is 29.6 Å². The fourth-order valence-electron chi connectivity index (χ4n) is 2.45. The molecule has 0 spiro atoms. The maximum absolute atomic E-state index is 5.21. The van der Waals surface area contributed by atoms with E-state index in [4.69, 9.17) is 4.74 Å². The van der Waals surface area contributed by atoms with Crippen LogP contribution in [0.15, 0.2) is 18.2 Å². The second-order valence-electron chi connectivity index (χ2n) is 4.74. The Balaban J connectivity index is 2.03. The van der Waals surface area contributed by atoms with Crippen LogP contribution in [0.2, 0.25) is 0 Å². The van der Waals surface area contributed by atoms with Crippen molar-refractivity contribution >= 4 is 0 Å². The highest BCUT2D eigenvalue weighted by Crippen LogP contribution is 2.25. The summed E-state index contributed by atoms with van der Waals surface area (Å²) >= 11 is 0. The Morgan fingerprint density at radius 1 is 1.22 bits per heavy atom. The van der Waals surface area contributed by atoms with Crippen LogP contribution in [0, 0.1) is 6.92 Å². The summed E-state index contributed by atoms with van der Waals surface area (Å²) in [5.41, 5.74) is 4.40. The summed E-state index contributed by atoms with van der Waals surface area (Å²) in [6, 6.07) is 6.19. The number of aryl methyl sites for hydroxylation is 3. The topological polar surface area (TPSA) is 39.9 Å². The maximum atomic E-state index is 5.21. The Kier molecular flexibility index (Phi) is 2.78. The van der Waals surface area contributed by atoms with E-state index in [0.717, 1.165) is 29.9 Å². The van der Waals surface area contributed by atoms with E-state index < -0.39 is 0 Å². The monoisotopic (exact) mass is 243 g/mol. The molecule has 0 bridgehead atoms. The van der Waals surface area contributed by atoms with Gasteiger partial charge in [0.1, 0.15) is 0 Å². The fraction of sp³-hybridized carbons (Fsp3) is 0.429. The molecule has 0 saturated carbocycles. The van der Waals surface area contributed by atoms with E-state index in [-0.39, 0.29) is 0 Å². The Bertz CT molecular complexity index is 551. The smallest absolute Gasteiger partial charge is 0.213 e. The molecule has 0 amide bonds. The third-order valence-electron chi connectivity index (χ3n) is 3.35. The van der Waals surface area contributed by atoms with Gasteiger partial charge >= 0.3 is 0 Å². The lowest BCUT2D eigenvalue weighted by atomic mass is 10.1. The van der Waals surface area contributed by atoms with Gasteiger partial charge in [0.05, 0.1) is 12.8 Å². The SMILES string of the molecule is COc1cc(-c2cc3n(n2)CCCC3)cc(C)n1. The summed E-state index contributed by atoms with van der Waals surface area (Å²) in [6.45, 7) is 3.01. The molecule has 0 radical (unpaired) electrons. The highest BCUT2D eigenvalue weighted by molar-refractivity contribution is 5.61. The highest BCUT2D eigenvalue weighted by atomic mass is 16.5. The zero-order chi connectivity index (χ0) is 12.5. The lowest BCUT2D eigenvalue weighted by Crippen LogP contribution is -2.10. The number of aromatic nitrogens is 3. The zero-order valence-corrected chi connectivity index (χ0v) is 10.8. The van der Waals surface area contributed by atoms with Crippen LogP contribution in [0.1, 0.15) is 24.2 Å². The molecule has 0 unspecified atom stereocenters. The predicted molar refractivity (Wildman–Crippen MR) is 69.7 cm³/mol. The number of pyridine rings is 1. The van der Waals surface area contributed by atoms with Crippen LogP contribution < -0.4 is 4.74 Å². The summed E-state index contributed by atoms with van der Waals surface area (Å²) < 4.78 is 7.34. The van der Waals surface area contributed by atoms with E-state index in [9.17, 15) is 0 Å². The van der Waals surface area contributed by atoms with Crippen molar-refractivity contribution < 1.29 is 4.74 Å². The Morgan fingerprint density at radius 2 is 2.11 bits per heavy atom. The van der Waals surface area contributed by atoms with E-state index in [1.807, 2.05) is 13.0 Å². The fourth-order valence-corrected chi connectivity index (χ4v) is 2.45. The normalized spacial score (nSPS) is 14.3. The van der Waals surface area contributed by atoms with Crippen LogP contribution >= 0.6 is 0 Å². The van der Waals surface area contributed by atoms with Crippen LogP contribution in [0.4, 0.5) is 0 Å². The first-order valence-corrected chi connectivity index (χ1v) is 6.36. The van der Waals surface area contributed by atoms with Crippen LogP contribution in [0.5, 0.6) is 5.88 Å². The third kappa shape index (κ3) is 1.98. The predicted octanol–water partition coefficient (Wildman–Crippen LogP) is 2.60. The van der Waals surface area contributed by atoms with E-state index in [1.54, 1.807) is 7.11 Å². The minimum absolute atomic E-state index is 0.649. The van der Waals surface area contributed by atoms with Gasteiger partial charge in [-0.1, -0.05) is 0 Å². The minimum Gasteiger partial charge on any atom is -0.481 e. The number of methoxy groups -OCH3 is 1. The van der Waals surface area contributed by atoms with Crippen molar-refractivity contribution in [1.82, 2.24) is 14.8 Å². The maximum Gasteiger partial charge on any atom is 0.213 e. The summed E-state index contributed by atoms with van der Waals surface area (Å²) in [6.07, 6.45) is 3.63. The molecule has 0 saturated heterocycles. The molecular formula is C14H17N3O. The Labute approximate surface area is 107 Å². The molecule has 3 rings (SSSR count). The number of rotatable bonds is 2. The van der Waals surface area contributed by atoms with Gasteiger partial charge in [-0.2, -0.15) is 5.10 Å². The van der Waals surface area contributed by atoms with E-state index >= 15 is 0 Å². The molecule has 1 aliphatic heterocycles. The average Bonchev–Trinajstić information content (AvgIpc) is 2.81. The van der Waals surface area contributed by atoms with Crippen molar-refractivity contribution in [2.45, 2.75) is 32.7 Å². The van der Waals surface area contributed by atoms with Gasteiger partial charge in [0.15, 0.2) is 0 Å². The molecular weight excluding hydrogens is 226 g/mol. The number of hydrogen-bond donors (Lipinski definition) is 0. The third-order valence-corrected chi connectivity index (χ3v) is 3.35. The van der Waals surface area contributed by atoms with Crippen LogP contribution in [0.25, 0.3) is 11.3 Å². The number of fused-ring (bicyclic) bond motifs is 1. The van der Waals surface area contributed by atoms with Crippen molar-refractivity contribution in [2.75, 3.05) is 7.11 Å². The molecule has 0 atom stereocenters. The van der Waals surface area contributed by atoms with Gasteiger partial charge in [-0.25, -0.2) is 4.98 Å². The molecule has 2 aromatic rings. The Morgan fingerprint density at radius 3 is 2.89 bits per heavy atom. The van der Waals surface area contributed by atoms with Gasteiger partial charge in [0.25, 0.3) is 0 Å². The quantitative estimate of drug-likeness (QED) is 0.814. The van der Waals surface area contributed by atoms with Gasteiger partial charge in [-0.05, 0) is 38.3 Å². The largest absolute Gasteiger partial charge is 0.481 e. The van der Waals surface area contributed by atoms with Crippen molar-refractivity contribution in [1.29, 1.82) is 0 Å². The minimum atomic E-state index is 0.649. The van der Waals surface area contributed by atoms with Gasteiger partial charge in [0, 0.05) is 29.6 Å². The summed E-state index contributed by atoms with van der Waals surface area (Å²) in [5.74, 6) is 0.649. The lowest BCUT2D eigenvalue weighted by molar-refractivity contribution is 0.397. The summed E-state index contributed by atoms with van der Waals surface area (Å²) in [5, 5.41) is 4.67. The van der Waals surface area contributed by atoms with Gasteiger partial charge < -0.3 is 4.74 Å². The first kappa shape index (κ1) is 11.3. The number of nitrogens with zero attached hydrogens (tertiary/aromatic N) is 3. The van der Waals surface area contributed by atoms with E-state index in [1.165, 1.54) is 18.5 Å². The number of ether oxygens (including phenoxy) is 1. The lowest BCUT2D eigenvalue weighted by Gasteiger charge is -2.11. The first-order chi connectivity index (χ1) is 8.76.